The highest BCUT2D eigenvalue weighted by Gasteiger charge is 2.14. The Morgan fingerprint density at radius 1 is 0.794 bits per heavy atom. The maximum atomic E-state index is 12.0. The molecule has 3 N–H and O–H groups in total. The van der Waals surface area contributed by atoms with Gasteiger partial charge in [-0.1, -0.05) is 66.7 Å². The second-order valence-electron chi connectivity index (χ2n) is 8.34. The van der Waals surface area contributed by atoms with Gasteiger partial charge in [0.15, 0.2) is 0 Å². The molecular weight excluding hydrogens is 442 g/mol. The highest BCUT2D eigenvalue weighted by Crippen LogP contribution is 2.29. The lowest BCUT2D eigenvalue weighted by atomic mass is 10.0. The molecule has 0 saturated carbocycles. The predicted molar refractivity (Wildman–Crippen MR) is 142 cm³/mol. The number of sulfonamides is 1. The van der Waals surface area contributed by atoms with Crippen molar-refractivity contribution >= 4 is 37.9 Å². The molecule has 4 aromatic carbocycles. The van der Waals surface area contributed by atoms with Crippen LogP contribution in [0, 0.1) is 0 Å². The molecule has 6 heteroatoms. The van der Waals surface area contributed by atoms with Gasteiger partial charge in [0.05, 0.1) is 10.6 Å². The van der Waals surface area contributed by atoms with Crippen LogP contribution in [0.2, 0.25) is 0 Å². The molecule has 0 spiro atoms. The molecule has 0 aromatic heterocycles. The average Bonchev–Trinajstić information content (AvgIpc) is 2.82. The van der Waals surface area contributed by atoms with E-state index in [0.717, 1.165) is 39.3 Å². The summed E-state index contributed by atoms with van der Waals surface area (Å²) in [6.07, 6.45) is 0. The zero-order chi connectivity index (χ0) is 24.3. The van der Waals surface area contributed by atoms with E-state index in [1.54, 1.807) is 18.2 Å². The second kappa shape index (κ2) is 9.63. The molecule has 34 heavy (non-hydrogen) atoms. The second-order valence-corrected chi connectivity index (χ2v) is 9.87. The summed E-state index contributed by atoms with van der Waals surface area (Å²) in [4.78, 5) is 4.92. The van der Waals surface area contributed by atoms with E-state index in [-0.39, 0.29) is 4.90 Å². The number of nitrogens with one attached hydrogen (secondary N) is 1. The molecule has 0 heterocycles. The van der Waals surface area contributed by atoms with Crippen LogP contribution < -0.4 is 10.5 Å². The van der Waals surface area contributed by atoms with Gasteiger partial charge in [-0.3, -0.25) is 4.99 Å². The van der Waals surface area contributed by atoms with Crippen LogP contribution in [0.15, 0.2) is 107 Å². The van der Waals surface area contributed by atoms with E-state index in [1.165, 1.54) is 11.5 Å². The van der Waals surface area contributed by atoms with Gasteiger partial charge < -0.3 is 5.32 Å². The van der Waals surface area contributed by atoms with Crippen molar-refractivity contribution in [2.75, 3.05) is 5.32 Å². The predicted octanol–water partition coefficient (Wildman–Crippen LogP) is 6.44. The fourth-order valence-corrected chi connectivity index (χ4v) is 4.65. The highest BCUT2D eigenvalue weighted by atomic mass is 32.2. The summed E-state index contributed by atoms with van der Waals surface area (Å²) in [5.41, 5.74) is 5.99. The number of hydrogen-bond acceptors (Lipinski definition) is 4. The molecule has 0 fully saturated rings. The Bertz CT molecular complexity index is 1520. The SMILES string of the molecule is CC(C)=N/C(=C(\C)Nc1ccc(-c2ccccc2S(N)(=O)=O)cc1)c1ccc2ccccc2c1. The topological polar surface area (TPSA) is 84.5 Å². The Hall–Kier alpha value is -3.74. The maximum absolute atomic E-state index is 12.0. The molecule has 0 aliphatic heterocycles. The van der Waals surface area contributed by atoms with Crippen molar-refractivity contribution in [3.05, 3.63) is 102 Å². The van der Waals surface area contributed by atoms with Gasteiger partial charge in [0.2, 0.25) is 10.0 Å². The number of allylic oxidation sites excluding steroid dienone is 1. The van der Waals surface area contributed by atoms with Crippen LogP contribution >= 0.6 is 0 Å². The van der Waals surface area contributed by atoms with E-state index < -0.39 is 10.0 Å². The van der Waals surface area contributed by atoms with Crippen LogP contribution in [0.4, 0.5) is 5.69 Å². The first-order valence-electron chi connectivity index (χ1n) is 10.9. The molecule has 0 radical (unpaired) electrons. The van der Waals surface area contributed by atoms with Gasteiger partial charge in [0.1, 0.15) is 0 Å². The number of nitrogens with two attached hydrogens (primary N) is 1. The molecule has 0 saturated heterocycles. The van der Waals surface area contributed by atoms with Crippen molar-refractivity contribution in [3.8, 4) is 11.1 Å². The van der Waals surface area contributed by atoms with Gasteiger partial charge >= 0.3 is 0 Å². The van der Waals surface area contributed by atoms with Crippen molar-refractivity contribution in [1.82, 2.24) is 0 Å². The molecule has 0 aliphatic carbocycles. The van der Waals surface area contributed by atoms with Crippen LogP contribution in [0.5, 0.6) is 0 Å². The lowest BCUT2D eigenvalue weighted by molar-refractivity contribution is 0.598. The third-order valence-electron chi connectivity index (χ3n) is 5.43. The number of anilines is 1. The summed E-state index contributed by atoms with van der Waals surface area (Å²) in [5.74, 6) is 0. The monoisotopic (exact) mass is 469 g/mol. The summed E-state index contributed by atoms with van der Waals surface area (Å²) in [5, 5.41) is 11.2. The molecule has 0 unspecified atom stereocenters. The summed E-state index contributed by atoms with van der Waals surface area (Å²) >= 11 is 0. The number of fused-ring (bicyclic) bond motifs is 1. The molecule has 172 valence electrons. The minimum absolute atomic E-state index is 0.109. The van der Waals surface area contributed by atoms with Crippen LogP contribution in [0.25, 0.3) is 27.6 Å². The molecule has 0 amide bonds. The number of primary sulfonamides is 1. The van der Waals surface area contributed by atoms with Gasteiger partial charge in [-0.15, -0.1) is 0 Å². The van der Waals surface area contributed by atoms with E-state index in [2.05, 4.69) is 35.6 Å². The number of benzene rings is 4. The van der Waals surface area contributed by atoms with Crippen LogP contribution in [-0.2, 0) is 10.0 Å². The fourth-order valence-electron chi connectivity index (χ4n) is 3.89. The minimum atomic E-state index is -3.82. The summed E-state index contributed by atoms with van der Waals surface area (Å²) in [6, 6.07) is 28.9. The van der Waals surface area contributed by atoms with E-state index in [4.69, 9.17) is 10.1 Å². The van der Waals surface area contributed by atoms with E-state index in [9.17, 15) is 8.42 Å². The van der Waals surface area contributed by atoms with Crippen molar-refractivity contribution in [3.63, 3.8) is 0 Å². The Kier molecular flexibility index (Phi) is 6.63. The molecule has 0 aliphatic rings. The van der Waals surface area contributed by atoms with E-state index >= 15 is 0 Å². The van der Waals surface area contributed by atoms with Crippen LogP contribution in [-0.4, -0.2) is 14.1 Å². The first kappa shape index (κ1) is 23.4. The van der Waals surface area contributed by atoms with Gasteiger partial charge in [0, 0.05) is 28.2 Å². The van der Waals surface area contributed by atoms with Gasteiger partial charge in [-0.25, -0.2) is 13.6 Å². The lowest BCUT2D eigenvalue weighted by Gasteiger charge is -2.14. The third kappa shape index (κ3) is 5.25. The quantitative estimate of drug-likeness (QED) is 0.319. The van der Waals surface area contributed by atoms with Gasteiger partial charge in [0.25, 0.3) is 0 Å². The molecule has 5 nitrogen and oxygen atoms in total. The standard InChI is InChI=1S/C28H27N3O2S/c1-19(2)30-28(24-13-12-21-8-4-5-9-23(21)18-24)20(3)31-25-16-14-22(15-17-25)26-10-6-7-11-27(26)34(29,32)33/h4-18,31H,1-3H3,(H2,29,32,33)/b28-20+. The smallest absolute Gasteiger partial charge is 0.238 e. The number of nitrogens with zero attached hydrogens (tertiary/aromatic N) is 1. The van der Waals surface area contributed by atoms with Crippen LogP contribution in [0.3, 0.4) is 0 Å². The van der Waals surface area contributed by atoms with Crippen molar-refractivity contribution in [2.24, 2.45) is 10.1 Å². The first-order valence-corrected chi connectivity index (χ1v) is 12.5. The summed E-state index contributed by atoms with van der Waals surface area (Å²) in [7, 11) is -3.82. The maximum Gasteiger partial charge on any atom is 0.238 e. The average molecular weight is 470 g/mol. The normalized spacial score (nSPS) is 12.2. The third-order valence-corrected chi connectivity index (χ3v) is 6.40. The van der Waals surface area contributed by atoms with Crippen LogP contribution in [0.1, 0.15) is 26.3 Å². The molecular formula is C28H27N3O2S. The molecule has 0 bridgehead atoms. The van der Waals surface area contributed by atoms with Gasteiger partial charge in [-0.05, 0) is 61.4 Å². The lowest BCUT2D eigenvalue weighted by Crippen LogP contribution is -2.13. The van der Waals surface area contributed by atoms with E-state index in [1.807, 2.05) is 57.2 Å². The van der Waals surface area contributed by atoms with Crippen molar-refractivity contribution in [1.29, 1.82) is 0 Å². The Morgan fingerprint density at radius 2 is 1.44 bits per heavy atom. The minimum Gasteiger partial charge on any atom is -0.357 e. The first-order chi connectivity index (χ1) is 16.2. The highest BCUT2D eigenvalue weighted by molar-refractivity contribution is 7.89. The Balaban J connectivity index is 1.69. The van der Waals surface area contributed by atoms with E-state index in [0.29, 0.717) is 5.56 Å². The number of aliphatic imine (C=N–C) groups is 1. The van der Waals surface area contributed by atoms with Crippen molar-refractivity contribution < 1.29 is 8.42 Å². The van der Waals surface area contributed by atoms with Gasteiger partial charge in [-0.2, -0.15) is 0 Å². The largest absolute Gasteiger partial charge is 0.357 e. The Labute approximate surface area is 200 Å². The number of hydrogen-bond donors (Lipinski definition) is 2. The zero-order valence-corrected chi connectivity index (χ0v) is 20.2. The number of rotatable bonds is 6. The molecule has 4 aromatic rings. The zero-order valence-electron chi connectivity index (χ0n) is 19.4. The molecule has 0 atom stereocenters. The van der Waals surface area contributed by atoms with Crippen molar-refractivity contribution in [2.45, 2.75) is 25.7 Å². The fraction of sp³-hybridized carbons (Fsp3) is 0.107. The molecule has 4 rings (SSSR count). The Morgan fingerprint density at radius 3 is 2.12 bits per heavy atom. The summed E-state index contributed by atoms with van der Waals surface area (Å²) in [6.45, 7) is 5.96. The summed E-state index contributed by atoms with van der Waals surface area (Å²) < 4.78 is 23.9.